The first kappa shape index (κ1) is 18.4. The van der Waals surface area contributed by atoms with E-state index in [1.807, 2.05) is 0 Å². The Labute approximate surface area is 145 Å². The Morgan fingerprint density at radius 3 is 2.52 bits per heavy atom. The lowest BCUT2D eigenvalue weighted by atomic mass is 10.1. The lowest BCUT2D eigenvalue weighted by Crippen LogP contribution is -2.38. The Bertz CT molecular complexity index is 508. The summed E-state index contributed by atoms with van der Waals surface area (Å²) in [5.74, 6) is 1.90. The van der Waals surface area contributed by atoms with Crippen LogP contribution in [0.5, 0.6) is 11.5 Å². The number of likely N-dealkylation sites (N-methyl/N-ethyl adjacent to an activating group) is 1. The number of rotatable bonds is 6. The summed E-state index contributed by atoms with van der Waals surface area (Å²) in [5.41, 5.74) is 1.21. The molecule has 23 heavy (non-hydrogen) atoms. The maximum absolute atomic E-state index is 5.63. The van der Waals surface area contributed by atoms with Crippen molar-refractivity contribution in [3.63, 3.8) is 0 Å². The zero-order valence-electron chi connectivity index (χ0n) is 15.1. The summed E-state index contributed by atoms with van der Waals surface area (Å²) in [7, 11) is 7.86. The zero-order chi connectivity index (χ0) is 16.8. The summed E-state index contributed by atoms with van der Waals surface area (Å²) in [6.45, 7) is 3.18. The maximum Gasteiger partial charge on any atom is 0.132 e. The lowest BCUT2D eigenvalue weighted by Gasteiger charge is -2.29. The molecule has 1 fully saturated rings. The highest BCUT2D eigenvalue weighted by atomic mass is 32.2. The third-order valence-corrected chi connectivity index (χ3v) is 5.40. The monoisotopic (exact) mass is 338 g/mol. The molecule has 130 valence electrons. The molecule has 0 radical (unpaired) electrons. The molecule has 1 aromatic carbocycles. The van der Waals surface area contributed by atoms with Gasteiger partial charge in [0.2, 0.25) is 0 Å². The molecule has 1 aliphatic heterocycles. The van der Waals surface area contributed by atoms with E-state index < -0.39 is 0 Å². The molecular weight excluding hydrogens is 308 g/mol. The van der Waals surface area contributed by atoms with Crippen molar-refractivity contribution in [3.8, 4) is 11.5 Å². The van der Waals surface area contributed by atoms with E-state index in [4.69, 9.17) is 9.47 Å². The minimum atomic E-state index is 0.635. The summed E-state index contributed by atoms with van der Waals surface area (Å²) in [6, 6.07) is 4.87. The summed E-state index contributed by atoms with van der Waals surface area (Å²) < 4.78 is 11.2. The number of ether oxygens (including phenoxy) is 2. The second-order valence-electron chi connectivity index (χ2n) is 6.37. The van der Waals surface area contributed by atoms with Crippen molar-refractivity contribution in [2.45, 2.75) is 36.7 Å². The predicted octanol–water partition coefficient (Wildman–Crippen LogP) is 3.34. The molecule has 0 N–H and O–H groups in total. The van der Waals surface area contributed by atoms with Gasteiger partial charge in [-0.2, -0.15) is 0 Å². The molecule has 2 rings (SSSR count). The van der Waals surface area contributed by atoms with E-state index in [9.17, 15) is 0 Å². The number of methoxy groups -OCH3 is 2. The fourth-order valence-corrected chi connectivity index (χ4v) is 3.79. The van der Waals surface area contributed by atoms with Crippen molar-refractivity contribution in [1.29, 1.82) is 0 Å². The molecule has 4 nitrogen and oxygen atoms in total. The minimum Gasteiger partial charge on any atom is -0.496 e. The van der Waals surface area contributed by atoms with Gasteiger partial charge in [-0.25, -0.2) is 0 Å². The Hall–Kier alpha value is -0.910. The molecule has 5 heteroatoms. The topological polar surface area (TPSA) is 24.9 Å². The molecule has 0 unspecified atom stereocenters. The largest absolute Gasteiger partial charge is 0.496 e. The van der Waals surface area contributed by atoms with E-state index in [1.54, 1.807) is 26.0 Å². The first-order chi connectivity index (χ1) is 11.1. The van der Waals surface area contributed by atoms with Gasteiger partial charge in [0.25, 0.3) is 0 Å². The summed E-state index contributed by atoms with van der Waals surface area (Å²) >= 11 is 1.69. The molecule has 0 spiro atoms. The molecule has 0 bridgehead atoms. The molecule has 1 atom stereocenters. The van der Waals surface area contributed by atoms with Crippen molar-refractivity contribution < 1.29 is 9.47 Å². The predicted molar refractivity (Wildman–Crippen MR) is 97.9 cm³/mol. The fourth-order valence-electron chi connectivity index (χ4n) is 3.22. The number of nitrogens with zero attached hydrogens (tertiary/aromatic N) is 2. The van der Waals surface area contributed by atoms with Crippen LogP contribution >= 0.6 is 11.8 Å². The Morgan fingerprint density at radius 2 is 1.91 bits per heavy atom. The van der Waals surface area contributed by atoms with E-state index in [1.165, 1.54) is 24.8 Å². The highest BCUT2D eigenvalue weighted by molar-refractivity contribution is 7.98. The minimum absolute atomic E-state index is 0.635. The second-order valence-corrected chi connectivity index (χ2v) is 7.22. The van der Waals surface area contributed by atoms with Crippen LogP contribution in [0.2, 0.25) is 0 Å². The van der Waals surface area contributed by atoms with Crippen molar-refractivity contribution in [1.82, 2.24) is 9.80 Å². The van der Waals surface area contributed by atoms with Crippen LogP contribution in [0.25, 0.3) is 0 Å². The van der Waals surface area contributed by atoms with Gasteiger partial charge >= 0.3 is 0 Å². The fraction of sp³-hybridized carbons (Fsp3) is 0.667. The molecule has 1 aliphatic rings. The van der Waals surface area contributed by atoms with E-state index in [0.717, 1.165) is 36.0 Å². The van der Waals surface area contributed by atoms with Gasteiger partial charge in [-0.15, -0.1) is 11.8 Å². The standard InChI is InChI=1S/C18H30N2O2S/c1-19(2)15-8-6-7-9-20(13-15)12-14-10-17(22-4)18(23-5)11-16(14)21-3/h10-11,15H,6-9,12-13H2,1-5H3/t15-/m0/s1. The first-order valence-corrected chi connectivity index (χ1v) is 9.49. The molecule has 1 aromatic rings. The highest BCUT2D eigenvalue weighted by Gasteiger charge is 2.21. The van der Waals surface area contributed by atoms with Gasteiger partial charge in [0.1, 0.15) is 11.5 Å². The van der Waals surface area contributed by atoms with Gasteiger partial charge < -0.3 is 14.4 Å². The molecule has 0 aliphatic carbocycles. The van der Waals surface area contributed by atoms with Gasteiger partial charge in [0.15, 0.2) is 0 Å². The Balaban J connectivity index is 2.20. The van der Waals surface area contributed by atoms with Crippen LogP contribution in [0.4, 0.5) is 0 Å². The lowest BCUT2D eigenvalue weighted by molar-refractivity contribution is 0.189. The molecular formula is C18H30N2O2S. The third-order valence-electron chi connectivity index (χ3n) is 4.64. The van der Waals surface area contributed by atoms with Crippen LogP contribution in [-0.2, 0) is 6.54 Å². The van der Waals surface area contributed by atoms with Crippen molar-refractivity contribution >= 4 is 11.8 Å². The normalized spacial score (nSPS) is 19.7. The van der Waals surface area contributed by atoms with Gasteiger partial charge in [0.05, 0.1) is 19.1 Å². The quantitative estimate of drug-likeness (QED) is 0.741. The number of hydrogen-bond donors (Lipinski definition) is 0. The van der Waals surface area contributed by atoms with Gasteiger partial charge in [-0.1, -0.05) is 6.42 Å². The maximum atomic E-state index is 5.63. The molecule has 0 saturated carbocycles. The Kier molecular flexibility index (Phi) is 7.06. The molecule has 1 saturated heterocycles. The number of thioether (sulfide) groups is 1. The van der Waals surface area contributed by atoms with Crippen molar-refractivity contribution in [2.24, 2.45) is 0 Å². The highest BCUT2D eigenvalue weighted by Crippen LogP contribution is 2.35. The van der Waals surface area contributed by atoms with Crippen LogP contribution in [-0.4, -0.2) is 63.5 Å². The van der Waals surface area contributed by atoms with Crippen LogP contribution in [0, 0.1) is 0 Å². The first-order valence-electron chi connectivity index (χ1n) is 8.26. The average Bonchev–Trinajstić information content (AvgIpc) is 2.80. The number of benzene rings is 1. The average molecular weight is 339 g/mol. The SMILES string of the molecule is COc1cc(SC)c(OC)cc1CN1CCCC[C@H](N(C)C)C1. The van der Waals surface area contributed by atoms with Gasteiger partial charge in [-0.3, -0.25) is 4.90 Å². The summed E-state index contributed by atoms with van der Waals surface area (Å²) in [5, 5.41) is 0. The van der Waals surface area contributed by atoms with Crippen LogP contribution in [0.1, 0.15) is 24.8 Å². The van der Waals surface area contributed by atoms with Crippen LogP contribution in [0.15, 0.2) is 17.0 Å². The van der Waals surface area contributed by atoms with Crippen molar-refractivity contribution in [3.05, 3.63) is 17.7 Å². The summed E-state index contributed by atoms with van der Waals surface area (Å²) in [4.78, 5) is 6.02. The molecule has 1 heterocycles. The van der Waals surface area contributed by atoms with E-state index in [2.05, 4.69) is 42.3 Å². The smallest absolute Gasteiger partial charge is 0.132 e. The van der Waals surface area contributed by atoms with Crippen LogP contribution < -0.4 is 9.47 Å². The van der Waals surface area contributed by atoms with E-state index >= 15 is 0 Å². The zero-order valence-corrected chi connectivity index (χ0v) is 15.9. The number of hydrogen-bond acceptors (Lipinski definition) is 5. The molecule has 0 aromatic heterocycles. The number of likely N-dealkylation sites (tertiary alicyclic amines) is 1. The van der Waals surface area contributed by atoms with Crippen LogP contribution in [0.3, 0.4) is 0 Å². The van der Waals surface area contributed by atoms with Gasteiger partial charge in [-0.05, 0) is 51.9 Å². The van der Waals surface area contributed by atoms with E-state index in [0.29, 0.717) is 6.04 Å². The third kappa shape index (κ3) is 4.78. The van der Waals surface area contributed by atoms with E-state index in [-0.39, 0.29) is 0 Å². The molecule has 0 amide bonds. The summed E-state index contributed by atoms with van der Waals surface area (Å²) in [6.07, 6.45) is 5.93. The van der Waals surface area contributed by atoms with Gasteiger partial charge in [0, 0.05) is 24.7 Å². The van der Waals surface area contributed by atoms with Crippen molar-refractivity contribution in [2.75, 3.05) is 47.7 Å². The second kappa shape index (κ2) is 8.81. The Morgan fingerprint density at radius 1 is 1.17 bits per heavy atom.